The molecule has 0 amide bonds. The predicted octanol–water partition coefficient (Wildman–Crippen LogP) is 6.42. The highest BCUT2D eigenvalue weighted by molar-refractivity contribution is 7.92. The van der Waals surface area contributed by atoms with Crippen molar-refractivity contribution in [2.24, 2.45) is 0 Å². The summed E-state index contributed by atoms with van der Waals surface area (Å²) in [7, 11) is -3.85. The van der Waals surface area contributed by atoms with Gasteiger partial charge < -0.3 is 0 Å². The van der Waals surface area contributed by atoms with Gasteiger partial charge in [0.25, 0.3) is 10.0 Å². The molecule has 0 atom stereocenters. The summed E-state index contributed by atoms with van der Waals surface area (Å²) in [6, 6.07) is 27.8. The molecule has 7 heteroatoms. The van der Waals surface area contributed by atoms with Crippen molar-refractivity contribution in [2.75, 3.05) is 4.72 Å². The van der Waals surface area contributed by atoms with Gasteiger partial charge in [0.1, 0.15) is 0 Å². The third-order valence-corrected chi connectivity index (χ3v) is 6.97. The lowest BCUT2D eigenvalue weighted by atomic mass is 10.0. The number of halogens is 1. The molecule has 2 heterocycles. The second kappa shape index (κ2) is 8.65. The molecule has 0 aliphatic rings. The van der Waals surface area contributed by atoms with Crippen LogP contribution in [0.4, 0.5) is 5.69 Å². The first kappa shape index (κ1) is 21.1. The largest absolute Gasteiger partial charge is 0.276 e. The zero-order valence-electron chi connectivity index (χ0n) is 17.3. The van der Waals surface area contributed by atoms with Crippen LogP contribution in [0.1, 0.15) is 0 Å². The number of fused-ring (bicyclic) bond motifs is 1. The molecule has 33 heavy (non-hydrogen) atoms. The SMILES string of the molecule is O=S(=O)(Nc1cc(-c2ccc3ncccc3c2)cnc1Cl)c1ccc(-c2ccccc2)cc1. The fraction of sp³-hybridized carbons (Fsp3) is 0. The third-order valence-electron chi connectivity index (χ3n) is 5.29. The van der Waals surface area contributed by atoms with E-state index in [0.717, 1.165) is 33.2 Å². The number of rotatable bonds is 5. The molecule has 0 saturated carbocycles. The Morgan fingerprint density at radius 2 is 1.42 bits per heavy atom. The van der Waals surface area contributed by atoms with Crippen LogP contribution in [0, 0.1) is 0 Å². The van der Waals surface area contributed by atoms with Gasteiger partial charge >= 0.3 is 0 Å². The van der Waals surface area contributed by atoms with E-state index in [1.54, 1.807) is 42.7 Å². The summed E-state index contributed by atoms with van der Waals surface area (Å²) in [6.45, 7) is 0. The first-order chi connectivity index (χ1) is 16.0. The van der Waals surface area contributed by atoms with Crippen LogP contribution in [0.25, 0.3) is 33.2 Å². The van der Waals surface area contributed by atoms with Gasteiger partial charge in [0, 0.05) is 23.3 Å². The fourth-order valence-corrected chi connectivity index (χ4v) is 4.86. The molecule has 5 rings (SSSR count). The molecule has 0 bridgehead atoms. The van der Waals surface area contributed by atoms with E-state index < -0.39 is 10.0 Å². The van der Waals surface area contributed by atoms with Gasteiger partial charge in [-0.05, 0) is 53.1 Å². The predicted molar refractivity (Wildman–Crippen MR) is 133 cm³/mol. The quantitative estimate of drug-likeness (QED) is 0.300. The minimum Gasteiger partial charge on any atom is -0.276 e. The van der Waals surface area contributed by atoms with Crippen LogP contribution in [0.5, 0.6) is 0 Å². The van der Waals surface area contributed by atoms with Gasteiger partial charge in [0.05, 0.1) is 16.1 Å². The van der Waals surface area contributed by atoms with Gasteiger partial charge in [0.15, 0.2) is 5.15 Å². The van der Waals surface area contributed by atoms with Gasteiger partial charge in [-0.3, -0.25) is 9.71 Å². The topological polar surface area (TPSA) is 72.0 Å². The van der Waals surface area contributed by atoms with Gasteiger partial charge in [-0.1, -0.05) is 66.2 Å². The molecule has 2 aromatic heterocycles. The van der Waals surface area contributed by atoms with Gasteiger partial charge in [-0.15, -0.1) is 0 Å². The van der Waals surface area contributed by atoms with E-state index in [1.165, 1.54) is 0 Å². The maximum Gasteiger partial charge on any atom is 0.261 e. The molecule has 5 nitrogen and oxygen atoms in total. The Bertz CT molecular complexity index is 1550. The van der Waals surface area contributed by atoms with Crippen molar-refractivity contribution >= 4 is 38.2 Å². The van der Waals surface area contributed by atoms with E-state index in [4.69, 9.17) is 11.6 Å². The third kappa shape index (κ3) is 4.44. The fourth-order valence-electron chi connectivity index (χ4n) is 3.59. The van der Waals surface area contributed by atoms with Crippen molar-refractivity contribution in [1.29, 1.82) is 0 Å². The van der Waals surface area contributed by atoms with Gasteiger partial charge in [0.2, 0.25) is 0 Å². The van der Waals surface area contributed by atoms with Crippen molar-refractivity contribution < 1.29 is 8.42 Å². The number of aromatic nitrogens is 2. The highest BCUT2D eigenvalue weighted by atomic mass is 35.5. The number of pyridine rings is 2. The number of hydrogen-bond donors (Lipinski definition) is 1. The molecule has 162 valence electrons. The molecular formula is C26H18ClN3O2S. The second-order valence-corrected chi connectivity index (χ2v) is 9.51. The molecule has 0 spiro atoms. The molecule has 0 saturated heterocycles. The highest BCUT2D eigenvalue weighted by Crippen LogP contribution is 2.30. The number of nitrogens with one attached hydrogen (secondary N) is 1. The average Bonchev–Trinajstić information content (AvgIpc) is 2.85. The van der Waals surface area contributed by atoms with E-state index >= 15 is 0 Å². The number of anilines is 1. The number of hydrogen-bond acceptors (Lipinski definition) is 4. The molecule has 0 aliphatic heterocycles. The van der Waals surface area contributed by atoms with Crippen LogP contribution >= 0.6 is 11.6 Å². The van der Waals surface area contributed by atoms with E-state index in [9.17, 15) is 8.42 Å². The van der Waals surface area contributed by atoms with Crippen LogP contribution in [0.15, 0.2) is 108 Å². The first-order valence-electron chi connectivity index (χ1n) is 10.2. The number of sulfonamides is 1. The highest BCUT2D eigenvalue weighted by Gasteiger charge is 2.17. The molecule has 0 fully saturated rings. The van der Waals surface area contributed by atoms with Crippen LogP contribution in [-0.2, 0) is 10.0 Å². The van der Waals surface area contributed by atoms with Crippen LogP contribution in [0.3, 0.4) is 0 Å². The van der Waals surface area contributed by atoms with Crippen molar-refractivity contribution in [3.8, 4) is 22.3 Å². The Balaban J connectivity index is 1.44. The normalized spacial score (nSPS) is 11.4. The zero-order valence-corrected chi connectivity index (χ0v) is 18.9. The van der Waals surface area contributed by atoms with Crippen molar-refractivity contribution in [3.05, 3.63) is 109 Å². The number of nitrogens with zero attached hydrogens (tertiary/aromatic N) is 2. The summed E-state index contributed by atoms with van der Waals surface area (Å²) in [6.07, 6.45) is 3.36. The Kier molecular flexibility index (Phi) is 5.54. The van der Waals surface area contributed by atoms with Crippen LogP contribution in [-0.4, -0.2) is 18.4 Å². The summed E-state index contributed by atoms with van der Waals surface area (Å²) < 4.78 is 28.6. The van der Waals surface area contributed by atoms with Gasteiger partial charge in [-0.25, -0.2) is 13.4 Å². The molecule has 5 aromatic rings. The molecular weight excluding hydrogens is 454 g/mol. The Hall–Kier alpha value is -3.74. The van der Waals surface area contributed by atoms with Gasteiger partial charge in [-0.2, -0.15) is 0 Å². The summed E-state index contributed by atoms with van der Waals surface area (Å²) in [5.41, 5.74) is 4.66. The second-order valence-electron chi connectivity index (χ2n) is 7.47. The maximum atomic E-state index is 13.0. The lowest BCUT2D eigenvalue weighted by molar-refractivity contribution is 0.601. The summed E-state index contributed by atoms with van der Waals surface area (Å²) in [4.78, 5) is 8.66. The van der Waals surface area contributed by atoms with Crippen molar-refractivity contribution in [3.63, 3.8) is 0 Å². The zero-order chi connectivity index (χ0) is 22.8. The number of benzene rings is 3. The van der Waals surface area contributed by atoms with E-state index in [1.807, 2.05) is 60.7 Å². The minimum absolute atomic E-state index is 0.0747. The monoisotopic (exact) mass is 471 g/mol. The van der Waals surface area contributed by atoms with Crippen LogP contribution < -0.4 is 4.72 Å². The summed E-state index contributed by atoms with van der Waals surface area (Å²) >= 11 is 6.23. The lowest BCUT2D eigenvalue weighted by Crippen LogP contribution is -2.13. The maximum absolute atomic E-state index is 13.0. The Morgan fingerprint density at radius 3 is 2.21 bits per heavy atom. The van der Waals surface area contributed by atoms with E-state index in [-0.39, 0.29) is 15.7 Å². The lowest BCUT2D eigenvalue weighted by Gasteiger charge is -2.12. The molecule has 0 radical (unpaired) electrons. The van der Waals surface area contributed by atoms with E-state index in [0.29, 0.717) is 0 Å². The van der Waals surface area contributed by atoms with Crippen molar-refractivity contribution in [2.45, 2.75) is 4.90 Å². The average molecular weight is 472 g/mol. The minimum atomic E-state index is -3.85. The molecule has 0 unspecified atom stereocenters. The molecule has 0 aliphatic carbocycles. The Labute approximate surface area is 196 Å². The van der Waals surface area contributed by atoms with E-state index in [2.05, 4.69) is 14.7 Å². The standard InChI is InChI=1S/C26H18ClN3O2S/c27-26-25(16-22(17-29-26)20-10-13-24-21(15-20)7-4-14-28-24)30-33(31,32)23-11-8-19(9-12-23)18-5-2-1-3-6-18/h1-17,30H. The van der Waals surface area contributed by atoms with Crippen molar-refractivity contribution in [1.82, 2.24) is 9.97 Å². The van der Waals surface area contributed by atoms with Crippen LogP contribution in [0.2, 0.25) is 5.15 Å². The molecule has 3 aromatic carbocycles. The smallest absolute Gasteiger partial charge is 0.261 e. The first-order valence-corrected chi connectivity index (χ1v) is 12.0. The Morgan fingerprint density at radius 1 is 0.697 bits per heavy atom. The summed E-state index contributed by atoms with van der Waals surface area (Å²) in [5.74, 6) is 0. The molecule has 1 N–H and O–H groups in total. The summed E-state index contributed by atoms with van der Waals surface area (Å²) in [5, 5.41) is 1.05.